The molecule has 1 N–H and O–H groups in total. The molecular weight excluding hydrogens is 170 g/mol. The molecule has 0 saturated carbocycles. The molecule has 2 aliphatic rings. The number of hydrogen-bond donors (Lipinski definition) is 1. The quantitative estimate of drug-likeness (QED) is 0.565. The summed E-state index contributed by atoms with van der Waals surface area (Å²) in [6.07, 6.45) is 1.28. The Kier molecular flexibility index (Phi) is 2.26. The topological polar surface area (TPSA) is 49.8 Å². The van der Waals surface area contributed by atoms with E-state index in [-0.39, 0.29) is 24.0 Å². The zero-order valence-electron chi connectivity index (χ0n) is 7.77. The van der Waals surface area contributed by atoms with Gasteiger partial charge in [0.05, 0.1) is 19.1 Å². The second-order valence-electron chi connectivity index (χ2n) is 3.80. The lowest BCUT2D eigenvalue weighted by atomic mass is 9.97. The zero-order valence-corrected chi connectivity index (χ0v) is 7.77. The Morgan fingerprint density at radius 2 is 2.15 bits per heavy atom. The van der Waals surface area contributed by atoms with E-state index < -0.39 is 0 Å². The van der Waals surface area contributed by atoms with Crippen LogP contribution in [0.3, 0.4) is 0 Å². The van der Waals surface area contributed by atoms with Crippen LogP contribution in [-0.2, 0) is 9.53 Å². The highest BCUT2D eigenvalue weighted by Gasteiger charge is 2.46. The minimum absolute atomic E-state index is 0.0208. The molecule has 0 radical (unpaired) electrons. The van der Waals surface area contributed by atoms with E-state index in [4.69, 9.17) is 4.74 Å². The Morgan fingerprint density at radius 1 is 1.46 bits per heavy atom. The summed E-state index contributed by atoms with van der Waals surface area (Å²) < 4.78 is 4.71. The van der Waals surface area contributed by atoms with Crippen molar-refractivity contribution in [2.24, 2.45) is 5.92 Å². The van der Waals surface area contributed by atoms with Crippen LogP contribution in [0.25, 0.3) is 0 Å². The maximum atomic E-state index is 11.3. The summed E-state index contributed by atoms with van der Waals surface area (Å²) in [5, 5.41) is 9.66. The number of aliphatic hydroxyl groups excluding tert-OH is 1. The first-order valence-corrected chi connectivity index (χ1v) is 4.74. The van der Waals surface area contributed by atoms with Crippen molar-refractivity contribution in [1.82, 2.24) is 4.90 Å². The number of carbonyl (C=O) groups excluding carboxylic acids is 1. The van der Waals surface area contributed by atoms with Crippen molar-refractivity contribution in [3.8, 4) is 0 Å². The van der Waals surface area contributed by atoms with Gasteiger partial charge in [-0.3, -0.25) is 9.69 Å². The molecule has 2 saturated heterocycles. The van der Waals surface area contributed by atoms with Gasteiger partial charge in [-0.2, -0.15) is 0 Å². The van der Waals surface area contributed by atoms with Crippen molar-refractivity contribution in [2.75, 3.05) is 20.2 Å². The van der Waals surface area contributed by atoms with Crippen molar-refractivity contribution < 1.29 is 14.6 Å². The summed E-state index contributed by atoms with van der Waals surface area (Å²) in [4.78, 5) is 13.5. The van der Waals surface area contributed by atoms with Gasteiger partial charge in [0, 0.05) is 12.6 Å². The van der Waals surface area contributed by atoms with E-state index in [9.17, 15) is 9.90 Å². The number of ether oxygens (including phenoxy) is 1. The Labute approximate surface area is 77.5 Å². The van der Waals surface area contributed by atoms with Gasteiger partial charge >= 0.3 is 5.97 Å². The molecule has 4 heteroatoms. The van der Waals surface area contributed by atoms with Gasteiger partial charge in [-0.1, -0.05) is 0 Å². The first-order valence-electron chi connectivity index (χ1n) is 4.74. The van der Waals surface area contributed by atoms with Crippen LogP contribution in [-0.4, -0.2) is 48.3 Å². The largest absolute Gasteiger partial charge is 0.469 e. The number of esters is 1. The van der Waals surface area contributed by atoms with Crippen molar-refractivity contribution in [3.63, 3.8) is 0 Å². The molecule has 3 atom stereocenters. The van der Waals surface area contributed by atoms with Crippen LogP contribution in [0.5, 0.6) is 0 Å². The molecule has 0 aliphatic carbocycles. The molecule has 0 amide bonds. The second kappa shape index (κ2) is 3.27. The Bertz CT molecular complexity index is 219. The molecule has 13 heavy (non-hydrogen) atoms. The van der Waals surface area contributed by atoms with Gasteiger partial charge < -0.3 is 9.84 Å². The van der Waals surface area contributed by atoms with Gasteiger partial charge in [-0.25, -0.2) is 0 Å². The predicted octanol–water partition coefficient (Wildman–Crippen LogP) is -0.386. The van der Waals surface area contributed by atoms with E-state index in [1.807, 2.05) is 0 Å². The summed E-state index contributed by atoms with van der Waals surface area (Å²) in [6, 6.07) is 0.0208. The Hall–Kier alpha value is -0.610. The van der Waals surface area contributed by atoms with Crippen LogP contribution in [0.15, 0.2) is 0 Å². The summed E-state index contributed by atoms with van der Waals surface area (Å²) >= 11 is 0. The van der Waals surface area contributed by atoms with E-state index in [0.29, 0.717) is 0 Å². The number of nitrogens with zero attached hydrogens (tertiary/aromatic N) is 1. The number of fused-ring (bicyclic) bond motifs is 1. The van der Waals surface area contributed by atoms with Gasteiger partial charge in [-0.15, -0.1) is 0 Å². The van der Waals surface area contributed by atoms with Gasteiger partial charge in [-0.05, 0) is 19.4 Å². The van der Waals surface area contributed by atoms with Crippen LogP contribution in [0.4, 0.5) is 0 Å². The number of aliphatic hydroxyl groups is 1. The summed E-state index contributed by atoms with van der Waals surface area (Å²) in [5.74, 6) is -0.282. The highest BCUT2D eigenvalue weighted by molar-refractivity contribution is 5.73. The third kappa shape index (κ3) is 1.34. The highest BCUT2D eigenvalue weighted by Crippen LogP contribution is 2.33. The van der Waals surface area contributed by atoms with Crippen LogP contribution < -0.4 is 0 Å². The standard InChI is InChI=1S/C9H15NO3/c1-13-9(12)6-2-4-10-5-3-7(11)8(6)10/h6-8,11H,2-5H2,1H3. The first-order chi connectivity index (χ1) is 6.24. The molecule has 3 unspecified atom stereocenters. The number of hydrogen-bond acceptors (Lipinski definition) is 4. The fourth-order valence-corrected chi connectivity index (χ4v) is 2.53. The maximum Gasteiger partial charge on any atom is 0.310 e. The molecule has 0 aromatic heterocycles. The molecule has 4 nitrogen and oxygen atoms in total. The molecule has 74 valence electrons. The van der Waals surface area contributed by atoms with E-state index in [2.05, 4.69) is 4.90 Å². The predicted molar refractivity (Wildman–Crippen MR) is 46.1 cm³/mol. The van der Waals surface area contributed by atoms with E-state index in [1.165, 1.54) is 7.11 Å². The lowest BCUT2D eigenvalue weighted by Crippen LogP contribution is -2.37. The highest BCUT2D eigenvalue weighted by atomic mass is 16.5. The lowest BCUT2D eigenvalue weighted by Gasteiger charge is -2.21. The smallest absolute Gasteiger partial charge is 0.310 e. The first kappa shape index (κ1) is 8.97. The van der Waals surface area contributed by atoms with Crippen molar-refractivity contribution >= 4 is 5.97 Å². The molecule has 0 spiro atoms. The van der Waals surface area contributed by atoms with Crippen LogP contribution in [0.1, 0.15) is 12.8 Å². The third-order valence-corrected chi connectivity index (χ3v) is 3.17. The van der Waals surface area contributed by atoms with Gasteiger partial charge in [0.2, 0.25) is 0 Å². The molecule has 2 fully saturated rings. The van der Waals surface area contributed by atoms with Gasteiger partial charge in [0.15, 0.2) is 0 Å². The average Bonchev–Trinajstić information content (AvgIpc) is 2.68. The zero-order chi connectivity index (χ0) is 9.42. The molecule has 2 heterocycles. The second-order valence-corrected chi connectivity index (χ2v) is 3.80. The van der Waals surface area contributed by atoms with Crippen molar-refractivity contribution in [1.29, 1.82) is 0 Å². The third-order valence-electron chi connectivity index (χ3n) is 3.17. The number of carbonyl (C=O) groups is 1. The Morgan fingerprint density at radius 3 is 2.85 bits per heavy atom. The maximum absolute atomic E-state index is 11.3. The van der Waals surface area contributed by atoms with Crippen LogP contribution in [0.2, 0.25) is 0 Å². The molecule has 0 bridgehead atoms. The SMILES string of the molecule is COC(=O)C1CCN2CCC(O)C12. The minimum Gasteiger partial charge on any atom is -0.469 e. The van der Waals surface area contributed by atoms with Gasteiger partial charge in [0.25, 0.3) is 0 Å². The van der Waals surface area contributed by atoms with E-state index in [1.54, 1.807) is 0 Å². The summed E-state index contributed by atoms with van der Waals surface area (Å²) in [6.45, 7) is 1.83. The monoisotopic (exact) mass is 185 g/mol. The van der Waals surface area contributed by atoms with E-state index in [0.717, 1.165) is 25.9 Å². The molecule has 2 aliphatic heterocycles. The average molecular weight is 185 g/mol. The van der Waals surface area contributed by atoms with Gasteiger partial charge in [0.1, 0.15) is 0 Å². The van der Waals surface area contributed by atoms with E-state index >= 15 is 0 Å². The number of methoxy groups -OCH3 is 1. The fraction of sp³-hybridized carbons (Fsp3) is 0.889. The van der Waals surface area contributed by atoms with Crippen molar-refractivity contribution in [3.05, 3.63) is 0 Å². The fourth-order valence-electron chi connectivity index (χ4n) is 2.53. The molecule has 2 rings (SSSR count). The normalized spacial score (nSPS) is 39.1. The number of rotatable bonds is 1. The van der Waals surface area contributed by atoms with Crippen molar-refractivity contribution in [2.45, 2.75) is 25.0 Å². The summed E-state index contributed by atoms with van der Waals surface area (Å²) in [7, 11) is 1.41. The minimum atomic E-state index is -0.341. The van der Waals surface area contributed by atoms with Crippen LogP contribution >= 0.6 is 0 Å². The Balaban J connectivity index is 2.10. The lowest BCUT2D eigenvalue weighted by molar-refractivity contribution is -0.147. The van der Waals surface area contributed by atoms with Crippen LogP contribution in [0, 0.1) is 5.92 Å². The molecule has 0 aromatic carbocycles. The molecular formula is C9H15NO3. The molecule has 0 aromatic rings. The summed E-state index contributed by atoms with van der Waals surface area (Å²) in [5.41, 5.74) is 0.